The third kappa shape index (κ3) is 8.41. The fourth-order valence-corrected chi connectivity index (χ4v) is 1.23. The summed E-state index contributed by atoms with van der Waals surface area (Å²) in [5.74, 6) is 0.128. The molecule has 0 fully saturated rings. The number of nitrogens with zero attached hydrogens (tertiary/aromatic N) is 2. The summed E-state index contributed by atoms with van der Waals surface area (Å²) in [5.41, 5.74) is 0. The predicted molar refractivity (Wildman–Crippen MR) is 64.6 cm³/mol. The van der Waals surface area contributed by atoms with Gasteiger partial charge in [-0.25, -0.2) is 0 Å². The van der Waals surface area contributed by atoms with Gasteiger partial charge in [-0.15, -0.1) is 0 Å². The highest BCUT2D eigenvalue weighted by atomic mass is 15.1. The quantitative estimate of drug-likeness (QED) is 0.623. The van der Waals surface area contributed by atoms with Crippen molar-refractivity contribution in [3.63, 3.8) is 0 Å². The first-order valence-electron chi connectivity index (χ1n) is 5.88. The Morgan fingerprint density at radius 3 is 2.47 bits per heavy atom. The standard InChI is InChI=1S/C12H25N3/c1-11(2)15(4)8-6-5-7-14-10-12(3)9-13/h11-12,14H,5-8,10H2,1-4H3. The topological polar surface area (TPSA) is 39.1 Å². The lowest BCUT2D eigenvalue weighted by molar-refractivity contribution is 0.268. The largest absolute Gasteiger partial charge is 0.315 e. The molecule has 0 spiro atoms. The van der Waals surface area contributed by atoms with Gasteiger partial charge in [0.2, 0.25) is 0 Å². The molecular formula is C12H25N3. The van der Waals surface area contributed by atoms with Crippen molar-refractivity contribution in [2.45, 2.75) is 39.7 Å². The van der Waals surface area contributed by atoms with Gasteiger partial charge in [-0.1, -0.05) is 0 Å². The van der Waals surface area contributed by atoms with E-state index < -0.39 is 0 Å². The Kier molecular flexibility index (Phi) is 8.35. The zero-order valence-electron chi connectivity index (χ0n) is 10.6. The van der Waals surface area contributed by atoms with Gasteiger partial charge < -0.3 is 10.2 Å². The minimum Gasteiger partial charge on any atom is -0.315 e. The van der Waals surface area contributed by atoms with E-state index in [1.165, 1.54) is 12.8 Å². The normalized spacial score (nSPS) is 13.1. The van der Waals surface area contributed by atoms with Crippen LogP contribution in [0.5, 0.6) is 0 Å². The van der Waals surface area contributed by atoms with Crippen LogP contribution in [0.4, 0.5) is 0 Å². The van der Waals surface area contributed by atoms with Gasteiger partial charge in [0.15, 0.2) is 0 Å². The Bertz CT molecular complexity index is 184. The Balaban J connectivity index is 3.22. The summed E-state index contributed by atoms with van der Waals surface area (Å²) >= 11 is 0. The van der Waals surface area contributed by atoms with Crippen molar-refractivity contribution in [3.05, 3.63) is 0 Å². The van der Waals surface area contributed by atoms with Crippen LogP contribution in [0.1, 0.15) is 33.6 Å². The first-order valence-corrected chi connectivity index (χ1v) is 5.88. The molecule has 1 atom stereocenters. The maximum Gasteiger partial charge on any atom is 0.0666 e. The zero-order valence-corrected chi connectivity index (χ0v) is 10.6. The van der Waals surface area contributed by atoms with E-state index in [-0.39, 0.29) is 5.92 Å². The van der Waals surface area contributed by atoms with Crippen LogP contribution in [0, 0.1) is 17.2 Å². The molecule has 0 aromatic rings. The third-order valence-electron chi connectivity index (χ3n) is 2.67. The van der Waals surface area contributed by atoms with Gasteiger partial charge in [-0.3, -0.25) is 0 Å². The molecule has 3 nitrogen and oxygen atoms in total. The summed E-state index contributed by atoms with van der Waals surface area (Å²) in [6.45, 7) is 9.38. The maximum absolute atomic E-state index is 8.57. The third-order valence-corrected chi connectivity index (χ3v) is 2.67. The lowest BCUT2D eigenvalue weighted by Gasteiger charge is -2.20. The van der Waals surface area contributed by atoms with E-state index in [2.05, 4.69) is 37.2 Å². The number of hydrogen-bond acceptors (Lipinski definition) is 3. The lowest BCUT2D eigenvalue weighted by atomic mass is 10.2. The van der Waals surface area contributed by atoms with E-state index in [0.717, 1.165) is 19.6 Å². The van der Waals surface area contributed by atoms with Gasteiger partial charge in [-0.05, 0) is 53.8 Å². The molecule has 0 saturated heterocycles. The second-order valence-corrected chi connectivity index (χ2v) is 4.52. The second kappa shape index (κ2) is 8.70. The van der Waals surface area contributed by atoms with Crippen LogP contribution in [0.25, 0.3) is 0 Å². The highest BCUT2D eigenvalue weighted by Crippen LogP contribution is 1.97. The molecule has 1 unspecified atom stereocenters. The Morgan fingerprint density at radius 1 is 1.27 bits per heavy atom. The molecule has 0 aromatic heterocycles. The van der Waals surface area contributed by atoms with Crippen LogP contribution in [-0.2, 0) is 0 Å². The van der Waals surface area contributed by atoms with E-state index in [1.807, 2.05) is 6.92 Å². The molecule has 0 aliphatic heterocycles. The monoisotopic (exact) mass is 211 g/mol. The molecular weight excluding hydrogens is 186 g/mol. The molecule has 0 amide bonds. The average molecular weight is 211 g/mol. The summed E-state index contributed by atoms with van der Waals surface area (Å²) in [6.07, 6.45) is 2.41. The van der Waals surface area contributed by atoms with Crippen LogP contribution >= 0.6 is 0 Å². The first kappa shape index (κ1) is 14.4. The smallest absolute Gasteiger partial charge is 0.0666 e. The molecule has 0 bridgehead atoms. The molecule has 0 heterocycles. The summed E-state index contributed by atoms with van der Waals surface area (Å²) in [6, 6.07) is 2.85. The highest BCUT2D eigenvalue weighted by molar-refractivity contribution is 4.79. The minimum absolute atomic E-state index is 0.128. The van der Waals surface area contributed by atoms with Crippen LogP contribution in [0.3, 0.4) is 0 Å². The summed E-state index contributed by atoms with van der Waals surface area (Å²) < 4.78 is 0. The molecule has 1 N–H and O–H groups in total. The SMILES string of the molecule is CC(C#N)CNCCCCN(C)C(C)C. The van der Waals surface area contributed by atoms with Crippen molar-refractivity contribution in [1.82, 2.24) is 10.2 Å². The minimum atomic E-state index is 0.128. The van der Waals surface area contributed by atoms with Crippen LogP contribution in [0.2, 0.25) is 0 Å². The first-order chi connectivity index (χ1) is 7.07. The van der Waals surface area contributed by atoms with Crippen molar-refractivity contribution in [2.24, 2.45) is 5.92 Å². The fourth-order valence-electron chi connectivity index (χ4n) is 1.23. The molecule has 15 heavy (non-hydrogen) atoms. The molecule has 0 aliphatic rings. The average Bonchev–Trinajstić information content (AvgIpc) is 2.22. The van der Waals surface area contributed by atoms with E-state index >= 15 is 0 Å². The lowest BCUT2D eigenvalue weighted by Crippen LogP contribution is -2.28. The maximum atomic E-state index is 8.57. The Labute approximate surface area is 94.5 Å². The van der Waals surface area contributed by atoms with Crippen LogP contribution in [0.15, 0.2) is 0 Å². The Morgan fingerprint density at radius 2 is 1.93 bits per heavy atom. The molecule has 3 heteroatoms. The summed E-state index contributed by atoms with van der Waals surface area (Å²) in [7, 11) is 2.16. The number of nitrogens with one attached hydrogen (secondary N) is 1. The van der Waals surface area contributed by atoms with Gasteiger partial charge in [0.1, 0.15) is 0 Å². The molecule has 0 aromatic carbocycles. The number of nitriles is 1. The molecule has 0 aliphatic carbocycles. The summed E-state index contributed by atoms with van der Waals surface area (Å²) in [5, 5.41) is 11.9. The number of rotatable bonds is 8. The van der Waals surface area contributed by atoms with E-state index in [4.69, 9.17) is 5.26 Å². The van der Waals surface area contributed by atoms with E-state index in [1.54, 1.807) is 0 Å². The van der Waals surface area contributed by atoms with Gasteiger partial charge >= 0.3 is 0 Å². The van der Waals surface area contributed by atoms with Gasteiger partial charge in [0.05, 0.1) is 12.0 Å². The highest BCUT2D eigenvalue weighted by Gasteiger charge is 2.02. The van der Waals surface area contributed by atoms with Gasteiger partial charge in [0.25, 0.3) is 0 Å². The van der Waals surface area contributed by atoms with E-state index in [9.17, 15) is 0 Å². The molecule has 88 valence electrons. The van der Waals surface area contributed by atoms with Crippen LogP contribution in [-0.4, -0.2) is 37.6 Å². The molecule has 0 radical (unpaired) electrons. The fraction of sp³-hybridized carbons (Fsp3) is 0.917. The Hall–Kier alpha value is -0.590. The number of hydrogen-bond donors (Lipinski definition) is 1. The van der Waals surface area contributed by atoms with Crippen molar-refractivity contribution in [3.8, 4) is 6.07 Å². The van der Waals surface area contributed by atoms with Gasteiger partial charge in [0, 0.05) is 12.6 Å². The van der Waals surface area contributed by atoms with Crippen molar-refractivity contribution in [2.75, 3.05) is 26.7 Å². The van der Waals surface area contributed by atoms with Crippen molar-refractivity contribution >= 4 is 0 Å². The van der Waals surface area contributed by atoms with Crippen molar-refractivity contribution < 1.29 is 0 Å². The van der Waals surface area contributed by atoms with Crippen LogP contribution < -0.4 is 5.32 Å². The van der Waals surface area contributed by atoms with E-state index in [0.29, 0.717) is 6.04 Å². The van der Waals surface area contributed by atoms with Gasteiger partial charge in [-0.2, -0.15) is 5.26 Å². The molecule has 0 saturated carbocycles. The molecule has 0 rings (SSSR count). The zero-order chi connectivity index (χ0) is 11.7. The second-order valence-electron chi connectivity index (χ2n) is 4.52. The predicted octanol–water partition coefficient (Wildman–Crippen LogP) is 1.86. The number of unbranched alkanes of at least 4 members (excludes halogenated alkanes) is 1. The van der Waals surface area contributed by atoms with Crippen molar-refractivity contribution in [1.29, 1.82) is 5.26 Å². The summed E-state index contributed by atoms with van der Waals surface area (Å²) in [4.78, 5) is 2.36.